The van der Waals surface area contributed by atoms with E-state index in [0.29, 0.717) is 0 Å². The molecular weight excluding hydrogens is 484 g/mol. The average molecular weight is 525 g/mol. The van der Waals surface area contributed by atoms with E-state index in [2.05, 4.69) is 62.9 Å². The lowest BCUT2D eigenvalue weighted by molar-refractivity contribution is -0.117. The number of para-hydroxylation sites is 2. The topological polar surface area (TPSA) is 70.2 Å². The van der Waals surface area contributed by atoms with Crippen molar-refractivity contribution in [2.75, 3.05) is 31.6 Å². The monoisotopic (exact) mass is 524 g/mol. The van der Waals surface area contributed by atoms with Gasteiger partial charge in [0.15, 0.2) is 0 Å². The predicted molar refractivity (Wildman–Crippen MR) is 161 cm³/mol. The number of carbonyl (C=O) groups is 1. The molecule has 6 nitrogen and oxygen atoms in total. The molecule has 1 saturated carbocycles. The summed E-state index contributed by atoms with van der Waals surface area (Å²) in [6.07, 6.45) is 6.28. The Bertz CT molecular complexity index is 1350. The highest BCUT2D eigenvalue weighted by Gasteiger charge is 2.29. The van der Waals surface area contributed by atoms with E-state index in [0.717, 1.165) is 73.5 Å². The van der Waals surface area contributed by atoms with Crippen LogP contribution in [0.1, 0.15) is 49.1 Å². The Hall–Kier alpha value is -3.74. The second-order valence-electron chi connectivity index (χ2n) is 9.70. The number of aryl methyl sites for hydroxylation is 1. The largest absolute Gasteiger partial charge is 0.379 e. The van der Waals surface area contributed by atoms with Gasteiger partial charge >= 0.3 is 0 Å². The molecule has 6 heteroatoms. The number of benzene rings is 3. The van der Waals surface area contributed by atoms with Crippen LogP contribution in [-0.4, -0.2) is 47.3 Å². The van der Waals surface area contributed by atoms with Crippen molar-refractivity contribution in [1.29, 1.82) is 0 Å². The maximum atomic E-state index is 11.4. The molecular formula is C33H40N4O2. The Labute approximate surface area is 232 Å². The normalized spacial score (nSPS) is 15.3. The Morgan fingerprint density at radius 3 is 2.38 bits per heavy atom. The molecule has 1 amide bonds. The summed E-state index contributed by atoms with van der Waals surface area (Å²) in [5.74, 6) is 0.453. The van der Waals surface area contributed by atoms with Gasteiger partial charge in [0.2, 0.25) is 5.91 Å². The first-order chi connectivity index (χ1) is 19.2. The zero-order valence-electron chi connectivity index (χ0n) is 23.3. The molecule has 0 radical (unpaired) electrons. The Kier molecular flexibility index (Phi) is 10.5. The van der Waals surface area contributed by atoms with Gasteiger partial charge in [0, 0.05) is 36.6 Å². The number of amides is 1. The van der Waals surface area contributed by atoms with Crippen molar-refractivity contribution in [1.82, 2.24) is 15.1 Å². The van der Waals surface area contributed by atoms with Crippen LogP contribution in [0.3, 0.4) is 0 Å². The standard InChI is InChI=1S/C20H21N3O.C11H13NO.C2H6/c1-2-4-19-18(3-1)20(22-21-19)10-9-16-5-7-17(8-6-16)15-23-11-13-24-14-12-23;1-8-4-2-3-5-10(8)12-11(13)9-6-7-9;1-2/h1-10H,11-15H2,(H,21,22);2-5,9H,6-7H2,1H3,(H,12,13);1-2H3/b10-9+;;. The number of carbonyl (C=O) groups excluding carboxylic acids is 1. The number of aromatic amines is 1. The summed E-state index contributed by atoms with van der Waals surface area (Å²) in [6.45, 7) is 10.7. The number of morpholine rings is 1. The Morgan fingerprint density at radius 2 is 1.67 bits per heavy atom. The minimum atomic E-state index is 0.175. The second-order valence-corrected chi connectivity index (χ2v) is 9.70. The SMILES string of the molecule is C(=C\c1n[nH]c2ccccc12)/c1ccc(CN2CCOCC2)cc1.CC.Cc1ccccc1NC(=O)C1CC1. The van der Waals surface area contributed by atoms with Gasteiger partial charge in [0.1, 0.15) is 0 Å². The summed E-state index contributed by atoms with van der Waals surface area (Å²) in [5, 5.41) is 11.5. The number of rotatable bonds is 6. The molecule has 3 aromatic carbocycles. The molecule has 1 aliphatic carbocycles. The van der Waals surface area contributed by atoms with E-state index in [1.54, 1.807) is 0 Å². The van der Waals surface area contributed by atoms with E-state index in [1.165, 1.54) is 11.1 Å². The number of hydrogen-bond acceptors (Lipinski definition) is 4. The molecule has 2 aliphatic rings. The highest BCUT2D eigenvalue weighted by molar-refractivity contribution is 5.94. The van der Waals surface area contributed by atoms with Crippen LogP contribution in [0.5, 0.6) is 0 Å². The fourth-order valence-corrected chi connectivity index (χ4v) is 4.33. The summed E-state index contributed by atoms with van der Waals surface area (Å²) >= 11 is 0. The molecule has 2 N–H and O–H groups in total. The number of H-pyrrole nitrogens is 1. The number of nitrogens with zero attached hydrogens (tertiary/aromatic N) is 2. The Morgan fingerprint density at radius 1 is 0.974 bits per heavy atom. The quantitative estimate of drug-likeness (QED) is 0.287. The van der Waals surface area contributed by atoms with Crippen molar-refractivity contribution in [2.24, 2.45) is 5.92 Å². The van der Waals surface area contributed by atoms with Crippen LogP contribution in [0.25, 0.3) is 23.1 Å². The van der Waals surface area contributed by atoms with Gasteiger partial charge in [0.25, 0.3) is 0 Å². The third-order valence-corrected chi connectivity index (χ3v) is 6.77. The summed E-state index contributed by atoms with van der Waals surface area (Å²) in [4.78, 5) is 13.9. The van der Waals surface area contributed by atoms with Crippen LogP contribution in [0.2, 0.25) is 0 Å². The highest BCUT2D eigenvalue weighted by atomic mass is 16.5. The first-order valence-electron chi connectivity index (χ1n) is 14.0. The molecule has 2 fully saturated rings. The molecule has 0 unspecified atom stereocenters. The molecule has 204 valence electrons. The van der Waals surface area contributed by atoms with Crippen LogP contribution in [0, 0.1) is 12.8 Å². The van der Waals surface area contributed by atoms with Crippen LogP contribution >= 0.6 is 0 Å². The minimum absolute atomic E-state index is 0.175. The van der Waals surface area contributed by atoms with Crippen molar-refractivity contribution in [2.45, 2.75) is 40.2 Å². The molecule has 0 spiro atoms. The van der Waals surface area contributed by atoms with Gasteiger partial charge in [-0.3, -0.25) is 14.8 Å². The van der Waals surface area contributed by atoms with E-state index in [9.17, 15) is 4.79 Å². The van der Waals surface area contributed by atoms with Gasteiger partial charge in [0.05, 0.1) is 24.4 Å². The number of anilines is 1. The van der Waals surface area contributed by atoms with Gasteiger partial charge in [-0.15, -0.1) is 0 Å². The van der Waals surface area contributed by atoms with Gasteiger partial charge in [-0.2, -0.15) is 5.10 Å². The fraction of sp³-hybridized carbons (Fsp3) is 0.333. The first-order valence-corrected chi connectivity index (χ1v) is 14.0. The number of hydrogen-bond donors (Lipinski definition) is 2. The van der Waals surface area contributed by atoms with E-state index < -0.39 is 0 Å². The first kappa shape index (κ1) is 28.3. The van der Waals surface area contributed by atoms with E-state index in [4.69, 9.17) is 4.74 Å². The van der Waals surface area contributed by atoms with Crippen LogP contribution in [0.4, 0.5) is 5.69 Å². The third-order valence-electron chi connectivity index (χ3n) is 6.77. The molecule has 6 rings (SSSR count). The van der Waals surface area contributed by atoms with E-state index in [-0.39, 0.29) is 11.8 Å². The summed E-state index contributed by atoms with van der Waals surface area (Å²) in [7, 11) is 0. The van der Waals surface area contributed by atoms with Gasteiger partial charge < -0.3 is 10.1 Å². The van der Waals surface area contributed by atoms with Gasteiger partial charge in [-0.1, -0.05) is 80.6 Å². The molecule has 1 aromatic heterocycles. The third kappa shape index (κ3) is 8.37. The van der Waals surface area contributed by atoms with Crippen LogP contribution in [-0.2, 0) is 16.1 Å². The van der Waals surface area contributed by atoms with E-state index >= 15 is 0 Å². The van der Waals surface area contributed by atoms with Crippen molar-refractivity contribution >= 4 is 34.6 Å². The lowest BCUT2D eigenvalue weighted by Gasteiger charge is -2.26. The number of ether oxygens (including phenoxy) is 1. The lowest BCUT2D eigenvalue weighted by Crippen LogP contribution is -2.35. The zero-order chi connectivity index (χ0) is 27.5. The Balaban J connectivity index is 0.000000199. The van der Waals surface area contributed by atoms with Crippen molar-refractivity contribution in [3.8, 4) is 0 Å². The smallest absolute Gasteiger partial charge is 0.227 e. The molecule has 1 saturated heterocycles. The molecule has 0 atom stereocenters. The fourth-order valence-electron chi connectivity index (χ4n) is 4.33. The molecule has 1 aliphatic heterocycles. The van der Waals surface area contributed by atoms with Crippen molar-refractivity contribution < 1.29 is 9.53 Å². The van der Waals surface area contributed by atoms with Crippen LogP contribution < -0.4 is 5.32 Å². The maximum absolute atomic E-state index is 11.4. The predicted octanol–water partition coefficient (Wildman–Crippen LogP) is 6.94. The van der Waals surface area contributed by atoms with Crippen molar-refractivity contribution in [3.63, 3.8) is 0 Å². The summed E-state index contributed by atoms with van der Waals surface area (Å²) in [6, 6.07) is 24.8. The molecule has 0 bridgehead atoms. The minimum Gasteiger partial charge on any atom is -0.379 e. The van der Waals surface area contributed by atoms with Crippen molar-refractivity contribution in [3.05, 3.63) is 95.2 Å². The lowest BCUT2D eigenvalue weighted by atomic mass is 10.1. The van der Waals surface area contributed by atoms with E-state index in [1.807, 2.05) is 63.2 Å². The molecule has 2 heterocycles. The second kappa shape index (κ2) is 14.4. The number of aromatic nitrogens is 2. The summed E-state index contributed by atoms with van der Waals surface area (Å²) < 4.78 is 5.40. The zero-order valence-corrected chi connectivity index (χ0v) is 23.3. The summed E-state index contributed by atoms with van der Waals surface area (Å²) in [5.41, 5.74) is 6.64. The molecule has 39 heavy (non-hydrogen) atoms. The van der Waals surface area contributed by atoms with Gasteiger partial charge in [-0.25, -0.2) is 0 Å². The highest BCUT2D eigenvalue weighted by Crippen LogP contribution is 2.30. The number of nitrogens with one attached hydrogen (secondary N) is 2. The molecule has 4 aromatic rings. The maximum Gasteiger partial charge on any atom is 0.227 e. The van der Waals surface area contributed by atoms with Gasteiger partial charge in [-0.05, 0) is 54.7 Å². The average Bonchev–Trinajstić information content (AvgIpc) is 3.76. The number of fused-ring (bicyclic) bond motifs is 1. The van der Waals surface area contributed by atoms with Crippen LogP contribution in [0.15, 0.2) is 72.8 Å².